The molecule has 0 saturated heterocycles. The summed E-state index contributed by atoms with van der Waals surface area (Å²) < 4.78 is 25.9. The number of hydrogen-bond donors (Lipinski definition) is 1. The van der Waals surface area contributed by atoms with E-state index in [0.29, 0.717) is 0 Å². The molecule has 1 heterocycles. The van der Waals surface area contributed by atoms with E-state index in [4.69, 9.17) is 11.6 Å². The lowest BCUT2D eigenvalue weighted by Crippen LogP contribution is -2.29. The molecule has 0 amide bonds. The highest BCUT2D eigenvalue weighted by atomic mass is 35.5. The van der Waals surface area contributed by atoms with Crippen molar-refractivity contribution in [2.45, 2.75) is 30.0 Å². The van der Waals surface area contributed by atoms with Crippen LogP contribution < -0.4 is 4.72 Å². The van der Waals surface area contributed by atoms with Crippen molar-refractivity contribution in [1.29, 1.82) is 0 Å². The summed E-state index contributed by atoms with van der Waals surface area (Å²) in [6.07, 6.45) is 4.56. The van der Waals surface area contributed by atoms with Crippen molar-refractivity contribution in [3.05, 3.63) is 24.5 Å². The first-order chi connectivity index (χ1) is 7.56. The predicted molar refractivity (Wildman–Crippen MR) is 64.0 cm³/mol. The molecule has 1 aromatic heterocycles. The molecule has 1 unspecified atom stereocenters. The third-order valence-corrected chi connectivity index (χ3v) is 3.82. The fourth-order valence-electron chi connectivity index (χ4n) is 1.20. The molecule has 1 N–H and O–H groups in total. The minimum atomic E-state index is -3.47. The van der Waals surface area contributed by atoms with Gasteiger partial charge in [-0.15, -0.1) is 11.6 Å². The van der Waals surface area contributed by atoms with Gasteiger partial charge in [0.1, 0.15) is 4.90 Å². The van der Waals surface area contributed by atoms with E-state index >= 15 is 0 Å². The number of halogens is 1. The number of sulfonamides is 1. The SMILES string of the molecule is CCCC(Cl)CNS(=O)(=O)c1cccnc1. The molecule has 1 aromatic rings. The van der Waals surface area contributed by atoms with Crippen molar-refractivity contribution in [3.63, 3.8) is 0 Å². The Balaban J connectivity index is 2.60. The molecule has 0 aliphatic rings. The molecule has 90 valence electrons. The summed E-state index contributed by atoms with van der Waals surface area (Å²) in [5, 5.41) is -0.170. The number of alkyl halides is 1. The summed E-state index contributed by atoms with van der Waals surface area (Å²) >= 11 is 5.93. The number of pyridine rings is 1. The van der Waals surface area contributed by atoms with Gasteiger partial charge >= 0.3 is 0 Å². The lowest BCUT2D eigenvalue weighted by atomic mass is 10.2. The summed E-state index contributed by atoms with van der Waals surface area (Å²) in [5.41, 5.74) is 0. The van der Waals surface area contributed by atoms with Gasteiger partial charge in [0.25, 0.3) is 0 Å². The van der Waals surface area contributed by atoms with Crippen LogP contribution in [0.3, 0.4) is 0 Å². The molecule has 0 aliphatic heterocycles. The molecule has 16 heavy (non-hydrogen) atoms. The fraction of sp³-hybridized carbons (Fsp3) is 0.500. The average molecular weight is 263 g/mol. The largest absolute Gasteiger partial charge is 0.263 e. The van der Waals surface area contributed by atoms with Crippen LogP contribution in [0.4, 0.5) is 0 Å². The van der Waals surface area contributed by atoms with Crippen LogP contribution in [0.2, 0.25) is 0 Å². The minimum Gasteiger partial charge on any atom is -0.263 e. The topological polar surface area (TPSA) is 59.1 Å². The van der Waals surface area contributed by atoms with Crippen LogP contribution in [0.25, 0.3) is 0 Å². The van der Waals surface area contributed by atoms with Gasteiger partial charge in [0.05, 0.1) is 0 Å². The highest BCUT2D eigenvalue weighted by Gasteiger charge is 2.15. The zero-order valence-electron chi connectivity index (χ0n) is 9.06. The van der Waals surface area contributed by atoms with Crippen LogP contribution >= 0.6 is 11.6 Å². The van der Waals surface area contributed by atoms with E-state index in [1.54, 1.807) is 6.07 Å². The maximum Gasteiger partial charge on any atom is 0.242 e. The smallest absolute Gasteiger partial charge is 0.242 e. The molecule has 1 rings (SSSR count). The van der Waals surface area contributed by atoms with Gasteiger partial charge in [0.2, 0.25) is 10.0 Å². The van der Waals surface area contributed by atoms with Crippen molar-refractivity contribution in [2.75, 3.05) is 6.54 Å². The zero-order valence-corrected chi connectivity index (χ0v) is 10.6. The van der Waals surface area contributed by atoms with Crippen LogP contribution in [0.1, 0.15) is 19.8 Å². The van der Waals surface area contributed by atoms with Crippen molar-refractivity contribution < 1.29 is 8.42 Å². The van der Waals surface area contributed by atoms with E-state index in [1.165, 1.54) is 18.5 Å². The first kappa shape index (κ1) is 13.4. The van der Waals surface area contributed by atoms with E-state index in [-0.39, 0.29) is 16.8 Å². The first-order valence-corrected chi connectivity index (χ1v) is 7.02. The number of rotatable bonds is 6. The number of nitrogens with zero attached hydrogens (tertiary/aromatic N) is 1. The van der Waals surface area contributed by atoms with Gasteiger partial charge < -0.3 is 0 Å². The molecule has 0 aliphatic carbocycles. The van der Waals surface area contributed by atoms with Gasteiger partial charge in [-0.25, -0.2) is 13.1 Å². The zero-order chi connectivity index (χ0) is 12.0. The second-order valence-electron chi connectivity index (χ2n) is 3.43. The Kier molecular flexibility index (Phi) is 5.18. The first-order valence-electron chi connectivity index (χ1n) is 5.10. The Morgan fingerprint density at radius 1 is 1.56 bits per heavy atom. The molecule has 0 saturated carbocycles. The standard InChI is InChI=1S/C10H15ClN2O2S/c1-2-4-9(11)7-13-16(14,15)10-5-3-6-12-8-10/h3,5-6,8-9,13H,2,4,7H2,1H3. The van der Waals surface area contributed by atoms with Gasteiger partial charge in [-0.05, 0) is 18.6 Å². The molecule has 6 heteroatoms. The van der Waals surface area contributed by atoms with E-state index in [1.807, 2.05) is 6.92 Å². The third kappa shape index (κ3) is 4.08. The maximum atomic E-state index is 11.7. The van der Waals surface area contributed by atoms with E-state index in [2.05, 4.69) is 9.71 Å². The summed E-state index contributed by atoms with van der Waals surface area (Å²) in [4.78, 5) is 3.92. The van der Waals surface area contributed by atoms with Gasteiger partial charge in [0.15, 0.2) is 0 Å². The number of aromatic nitrogens is 1. The van der Waals surface area contributed by atoms with E-state index in [9.17, 15) is 8.42 Å². The van der Waals surface area contributed by atoms with Crippen LogP contribution in [0, 0.1) is 0 Å². The molecule has 0 bridgehead atoms. The van der Waals surface area contributed by atoms with Crippen molar-refractivity contribution in [1.82, 2.24) is 9.71 Å². The highest BCUT2D eigenvalue weighted by molar-refractivity contribution is 7.89. The summed E-state index contributed by atoms with van der Waals surface area (Å²) in [6.45, 7) is 2.25. The lowest BCUT2D eigenvalue weighted by molar-refractivity contribution is 0.576. The molecule has 0 spiro atoms. The van der Waals surface area contributed by atoms with Crippen LogP contribution in [-0.2, 0) is 10.0 Å². The van der Waals surface area contributed by atoms with Gasteiger partial charge in [-0.2, -0.15) is 0 Å². The summed E-state index contributed by atoms with van der Waals surface area (Å²) in [6, 6.07) is 3.08. The Labute approximate surface area is 101 Å². The van der Waals surface area contributed by atoms with Gasteiger partial charge in [-0.1, -0.05) is 13.3 Å². The van der Waals surface area contributed by atoms with Crippen LogP contribution in [0.15, 0.2) is 29.4 Å². The molecule has 0 aromatic carbocycles. The summed E-state index contributed by atoms with van der Waals surface area (Å²) in [5.74, 6) is 0. The van der Waals surface area contributed by atoms with Gasteiger partial charge in [0, 0.05) is 24.3 Å². The average Bonchev–Trinajstić information content (AvgIpc) is 2.28. The van der Waals surface area contributed by atoms with E-state index < -0.39 is 10.0 Å². The normalized spacial score (nSPS) is 13.6. The molecule has 1 atom stereocenters. The number of nitrogens with one attached hydrogen (secondary N) is 1. The Morgan fingerprint density at radius 3 is 2.88 bits per heavy atom. The van der Waals surface area contributed by atoms with Gasteiger partial charge in [-0.3, -0.25) is 4.98 Å². The quantitative estimate of drug-likeness (QED) is 0.795. The highest BCUT2D eigenvalue weighted by Crippen LogP contribution is 2.08. The number of hydrogen-bond acceptors (Lipinski definition) is 3. The third-order valence-electron chi connectivity index (χ3n) is 2.04. The Bertz CT molecular complexity index is 408. The van der Waals surface area contributed by atoms with Crippen LogP contribution in [0.5, 0.6) is 0 Å². The predicted octanol–water partition coefficient (Wildman–Crippen LogP) is 1.77. The summed E-state index contributed by atoms with van der Waals surface area (Å²) in [7, 11) is -3.47. The molecular formula is C10H15ClN2O2S. The Morgan fingerprint density at radius 2 is 2.31 bits per heavy atom. The van der Waals surface area contributed by atoms with Crippen molar-refractivity contribution in [3.8, 4) is 0 Å². The maximum absolute atomic E-state index is 11.7. The molecular weight excluding hydrogens is 248 g/mol. The van der Waals surface area contributed by atoms with Crippen molar-refractivity contribution >= 4 is 21.6 Å². The lowest BCUT2D eigenvalue weighted by Gasteiger charge is -2.09. The molecule has 4 nitrogen and oxygen atoms in total. The molecule has 0 radical (unpaired) electrons. The second-order valence-corrected chi connectivity index (χ2v) is 5.81. The van der Waals surface area contributed by atoms with Crippen molar-refractivity contribution in [2.24, 2.45) is 0 Å². The Hall–Kier alpha value is -0.650. The van der Waals surface area contributed by atoms with Crippen LogP contribution in [-0.4, -0.2) is 25.3 Å². The van der Waals surface area contributed by atoms with E-state index in [0.717, 1.165) is 12.8 Å². The molecule has 0 fully saturated rings. The monoisotopic (exact) mass is 262 g/mol. The minimum absolute atomic E-state index is 0.162. The second kappa shape index (κ2) is 6.18. The fourth-order valence-corrected chi connectivity index (χ4v) is 2.64.